The van der Waals surface area contributed by atoms with E-state index >= 15 is 0 Å². The first-order chi connectivity index (χ1) is 8.11. The SMILES string of the molecule is CCOC(=O)c1coc(-n2cc(Cl)c(C)n2)n1. The molecule has 0 aliphatic heterocycles. The van der Waals surface area contributed by atoms with Crippen LogP contribution in [0.2, 0.25) is 5.02 Å². The molecule has 2 rings (SSSR count). The van der Waals surface area contributed by atoms with Gasteiger partial charge in [-0.25, -0.2) is 4.79 Å². The summed E-state index contributed by atoms with van der Waals surface area (Å²) in [6, 6.07) is 0.169. The maximum absolute atomic E-state index is 11.4. The topological polar surface area (TPSA) is 70.2 Å². The molecule has 2 aromatic heterocycles. The van der Waals surface area contributed by atoms with Gasteiger partial charge in [0.25, 0.3) is 0 Å². The Morgan fingerprint density at radius 2 is 2.41 bits per heavy atom. The summed E-state index contributed by atoms with van der Waals surface area (Å²) in [5.41, 5.74) is 0.758. The molecule has 0 spiro atoms. The minimum atomic E-state index is -0.530. The maximum atomic E-state index is 11.4. The molecule has 0 radical (unpaired) electrons. The van der Waals surface area contributed by atoms with E-state index in [1.165, 1.54) is 10.9 Å². The third kappa shape index (κ3) is 2.31. The van der Waals surface area contributed by atoms with Crippen LogP contribution >= 0.6 is 11.6 Å². The second kappa shape index (κ2) is 4.58. The van der Waals surface area contributed by atoms with Crippen molar-refractivity contribution in [2.24, 2.45) is 0 Å². The molecule has 0 amide bonds. The lowest BCUT2D eigenvalue weighted by molar-refractivity contribution is 0.0519. The van der Waals surface area contributed by atoms with Crippen LogP contribution < -0.4 is 0 Å². The van der Waals surface area contributed by atoms with Crippen LogP contribution in [0.1, 0.15) is 23.1 Å². The van der Waals surface area contributed by atoms with Crippen molar-refractivity contribution in [3.8, 4) is 6.01 Å². The highest BCUT2D eigenvalue weighted by Gasteiger charge is 2.15. The fraction of sp³-hybridized carbons (Fsp3) is 0.300. The van der Waals surface area contributed by atoms with Crippen LogP contribution in [0, 0.1) is 6.92 Å². The van der Waals surface area contributed by atoms with Gasteiger partial charge in [-0.2, -0.15) is 14.8 Å². The Hall–Kier alpha value is -1.82. The minimum absolute atomic E-state index is 0.103. The third-order valence-electron chi connectivity index (χ3n) is 2.01. The van der Waals surface area contributed by atoms with Crippen molar-refractivity contribution in [2.45, 2.75) is 13.8 Å². The molecule has 0 N–H and O–H groups in total. The number of hydrogen-bond acceptors (Lipinski definition) is 5. The highest BCUT2D eigenvalue weighted by molar-refractivity contribution is 6.31. The second-order valence-electron chi connectivity index (χ2n) is 3.24. The van der Waals surface area contributed by atoms with Crippen molar-refractivity contribution in [3.63, 3.8) is 0 Å². The van der Waals surface area contributed by atoms with Gasteiger partial charge in [0.2, 0.25) is 0 Å². The van der Waals surface area contributed by atoms with Gasteiger partial charge in [-0.3, -0.25) is 0 Å². The van der Waals surface area contributed by atoms with Crippen molar-refractivity contribution < 1.29 is 13.9 Å². The van der Waals surface area contributed by atoms with Gasteiger partial charge in [0, 0.05) is 0 Å². The fourth-order valence-corrected chi connectivity index (χ4v) is 1.34. The Balaban J connectivity index is 2.26. The molecule has 0 fully saturated rings. The number of aryl methyl sites for hydroxylation is 1. The number of rotatable bonds is 3. The Morgan fingerprint density at radius 3 is 3.00 bits per heavy atom. The lowest BCUT2D eigenvalue weighted by Gasteiger charge is -1.95. The zero-order chi connectivity index (χ0) is 12.4. The molecule has 0 saturated carbocycles. The van der Waals surface area contributed by atoms with Gasteiger partial charge in [-0.15, -0.1) is 0 Å². The van der Waals surface area contributed by atoms with Crippen LogP contribution in [0.5, 0.6) is 0 Å². The number of hydrogen-bond donors (Lipinski definition) is 0. The average molecular weight is 256 g/mol. The van der Waals surface area contributed by atoms with Crippen LogP contribution in [0.25, 0.3) is 6.01 Å². The summed E-state index contributed by atoms with van der Waals surface area (Å²) < 4.78 is 11.3. The summed E-state index contributed by atoms with van der Waals surface area (Å²) in [5, 5.41) is 4.58. The van der Waals surface area contributed by atoms with E-state index in [0.29, 0.717) is 10.7 Å². The molecular formula is C10H10ClN3O3. The summed E-state index contributed by atoms with van der Waals surface area (Å²) >= 11 is 5.85. The van der Waals surface area contributed by atoms with E-state index in [4.69, 9.17) is 20.8 Å². The maximum Gasteiger partial charge on any atom is 0.360 e. The predicted molar refractivity (Wildman–Crippen MR) is 59.3 cm³/mol. The first kappa shape index (κ1) is 11.7. The summed E-state index contributed by atoms with van der Waals surface area (Å²) in [6.07, 6.45) is 2.77. The smallest absolute Gasteiger partial charge is 0.360 e. The van der Waals surface area contributed by atoms with Crippen LogP contribution in [-0.4, -0.2) is 27.3 Å². The molecule has 2 aromatic rings. The molecule has 0 bridgehead atoms. The quantitative estimate of drug-likeness (QED) is 0.785. The van der Waals surface area contributed by atoms with Crippen LogP contribution in [0.3, 0.4) is 0 Å². The molecule has 90 valence electrons. The lowest BCUT2D eigenvalue weighted by atomic mass is 10.5. The van der Waals surface area contributed by atoms with E-state index in [1.54, 1.807) is 20.0 Å². The Bertz CT molecular complexity index is 527. The van der Waals surface area contributed by atoms with Crippen LogP contribution in [0.4, 0.5) is 0 Å². The highest BCUT2D eigenvalue weighted by Crippen LogP contribution is 2.16. The van der Waals surface area contributed by atoms with E-state index in [-0.39, 0.29) is 18.3 Å². The van der Waals surface area contributed by atoms with E-state index < -0.39 is 5.97 Å². The van der Waals surface area contributed by atoms with E-state index in [2.05, 4.69) is 10.1 Å². The summed E-state index contributed by atoms with van der Waals surface area (Å²) in [7, 11) is 0. The van der Waals surface area contributed by atoms with Crippen LogP contribution in [-0.2, 0) is 4.74 Å². The predicted octanol–water partition coefficient (Wildman–Crippen LogP) is 2.00. The average Bonchev–Trinajstić information content (AvgIpc) is 2.87. The Kier molecular flexibility index (Phi) is 3.14. The first-order valence-electron chi connectivity index (χ1n) is 4.96. The van der Waals surface area contributed by atoms with Crippen molar-refractivity contribution in [1.29, 1.82) is 0 Å². The number of nitrogens with zero attached hydrogens (tertiary/aromatic N) is 3. The first-order valence-corrected chi connectivity index (χ1v) is 5.34. The zero-order valence-corrected chi connectivity index (χ0v) is 10.1. The van der Waals surface area contributed by atoms with E-state index in [1.807, 2.05) is 0 Å². The molecule has 0 aliphatic rings. The lowest BCUT2D eigenvalue weighted by Crippen LogP contribution is -2.05. The number of carbonyl (C=O) groups excluding carboxylic acids is 1. The largest absolute Gasteiger partial charge is 0.461 e. The van der Waals surface area contributed by atoms with Crippen LogP contribution in [0.15, 0.2) is 16.9 Å². The van der Waals surface area contributed by atoms with Gasteiger partial charge >= 0.3 is 12.0 Å². The van der Waals surface area contributed by atoms with Gasteiger partial charge in [0.05, 0.1) is 23.5 Å². The summed E-state index contributed by atoms with van der Waals surface area (Å²) in [5.74, 6) is -0.530. The molecule has 0 unspecified atom stereocenters. The normalized spacial score (nSPS) is 10.5. The molecule has 0 aliphatic carbocycles. The molecule has 0 aromatic carbocycles. The molecular weight excluding hydrogens is 246 g/mol. The molecule has 7 heteroatoms. The number of carbonyl (C=O) groups is 1. The van der Waals surface area contributed by atoms with Gasteiger partial charge < -0.3 is 9.15 Å². The third-order valence-corrected chi connectivity index (χ3v) is 2.38. The fourth-order valence-electron chi connectivity index (χ4n) is 1.21. The Morgan fingerprint density at radius 1 is 1.65 bits per heavy atom. The minimum Gasteiger partial charge on any atom is -0.461 e. The molecule has 0 atom stereocenters. The van der Waals surface area contributed by atoms with Gasteiger partial charge in [0.1, 0.15) is 6.26 Å². The van der Waals surface area contributed by atoms with E-state index in [9.17, 15) is 4.79 Å². The summed E-state index contributed by atoms with van der Waals surface area (Å²) in [4.78, 5) is 15.3. The second-order valence-corrected chi connectivity index (χ2v) is 3.65. The van der Waals surface area contributed by atoms with Crippen molar-refractivity contribution in [1.82, 2.24) is 14.8 Å². The zero-order valence-electron chi connectivity index (χ0n) is 9.31. The summed E-state index contributed by atoms with van der Waals surface area (Å²) in [6.45, 7) is 3.76. The van der Waals surface area contributed by atoms with Crippen molar-refractivity contribution >= 4 is 17.6 Å². The number of halogens is 1. The Labute approximate surface area is 102 Å². The van der Waals surface area contributed by atoms with Gasteiger partial charge in [-0.1, -0.05) is 11.6 Å². The molecule has 2 heterocycles. The number of esters is 1. The van der Waals surface area contributed by atoms with Crippen molar-refractivity contribution in [2.75, 3.05) is 6.61 Å². The highest BCUT2D eigenvalue weighted by atomic mass is 35.5. The monoisotopic (exact) mass is 255 g/mol. The van der Waals surface area contributed by atoms with E-state index in [0.717, 1.165) is 0 Å². The number of aromatic nitrogens is 3. The van der Waals surface area contributed by atoms with Gasteiger partial charge in [0.15, 0.2) is 5.69 Å². The van der Waals surface area contributed by atoms with Gasteiger partial charge in [-0.05, 0) is 13.8 Å². The number of ether oxygens (including phenoxy) is 1. The molecule has 0 saturated heterocycles. The number of oxazole rings is 1. The van der Waals surface area contributed by atoms with Crippen molar-refractivity contribution in [3.05, 3.63) is 28.9 Å². The molecule has 6 nitrogen and oxygen atoms in total. The molecule has 17 heavy (non-hydrogen) atoms. The standard InChI is InChI=1S/C10H10ClN3O3/c1-3-16-9(15)8-5-17-10(12-8)14-4-7(11)6(2)13-14/h4-5H,3H2,1-2H3.